The van der Waals surface area contributed by atoms with Crippen molar-refractivity contribution >= 4 is 51.3 Å². The summed E-state index contributed by atoms with van der Waals surface area (Å²) in [6, 6.07) is 12.7. The first kappa shape index (κ1) is 28.3. The number of pyridine rings is 1. The largest absolute Gasteiger partial charge is 0.384 e. The summed E-state index contributed by atoms with van der Waals surface area (Å²) in [4.78, 5) is 3.89. The highest BCUT2D eigenvalue weighted by Crippen LogP contribution is 2.23. The Hall–Kier alpha value is -1.66. The van der Waals surface area contributed by atoms with Gasteiger partial charge in [-0.1, -0.05) is 98.8 Å². The van der Waals surface area contributed by atoms with Gasteiger partial charge in [0, 0.05) is 5.33 Å². The molecule has 2 rings (SSSR count). The third-order valence-electron chi connectivity index (χ3n) is 4.44. The van der Waals surface area contributed by atoms with Crippen molar-refractivity contribution in [2.45, 2.75) is 71.1 Å². The molecule has 0 bridgehead atoms. The van der Waals surface area contributed by atoms with Crippen LogP contribution in [0, 0.1) is 0 Å². The van der Waals surface area contributed by atoms with Crippen molar-refractivity contribution in [2.24, 2.45) is 10.2 Å². The van der Waals surface area contributed by atoms with E-state index in [-0.39, 0.29) is 18.2 Å². The number of alkyl halides is 1. The predicted molar refractivity (Wildman–Crippen MR) is 137 cm³/mol. The quantitative estimate of drug-likeness (QED) is 0.175. The number of halogens is 2. The molecule has 7 heteroatoms. The van der Waals surface area contributed by atoms with Crippen molar-refractivity contribution in [3.05, 3.63) is 42.5 Å². The third-order valence-corrected chi connectivity index (χ3v) is 5.00. The van der Waals surface area contributed by atoms with Crippen LogP contribution in [0.4, 0.5) is 23.0 Å². The van der Waals surface area contributed by atoms with Crippen molar-refractivity contribution < 1.29 is 0 Å². The van der Waals surface area contributed by atoms with Crippen molar-refractivity contribution in [3.8, 4) is 0 Å². The SMILES string of the molecule is CCCCCCCCCCCCBr.Cl.Nc1ccc(/N=N/c2ccccc2)c(N)n1. The Morgan fingerprint density at radius 3 is 1.87 bits per heavy atom. The highest BCUT2D eigenvalue weighted by atomic mass is 79.9. The monoisotopic (exact) mass is 497 g/mol. The molecule has 0 aliphatic carbocycles. The number of unbranched alkanes of at least 4 members (excludes halogenated alkanes) is 9. The summed E-state index contributed by atoms with van der Waals surface area (Å²) in [6.45, 7) is 2.28. The van der Waals surface area contributed by atoms with Gasteiger partial charge in [0.25, 0.3) is 0 Å². The Balaban J connectivity index is 0.000000557. The first-order valence-corrected chi connectivity index (χ1v) is 11.8. The molecule has 2 aromatic rings. The van der Waals surface area contributed by atoms with E-state index in [1.54, 1.807) is 12.1 Å². The molecule has 30 heavy (non-hydrogen) atoms. The van der Waals surface area contributed by atoms with Crippen molar-refractivity contribution in [1.82, 2.24) is 4.98 Å². The van der Waals surface area contributed by atoms with Gasteiger partial charge in [-0.15, -0.1) is 17.5 Å². The van der Waals surface area contributed by atoms with Gasteiger partial charge < -0.3 is 11.5 Å². The van der Waals surface area contributed by atoms with Crippen LogP contribution in [0.2, 0.25) is 0 Å². The third kappa shape index (κ3) is 14.3. The Bertz CT molecular complexity index is 673. The van der Waals surface area contributed by atoms with E-state index >= 15 is 0 Å². The van der Waals surface area contributed by atoms with Crippen molar-refractivity contribution in [1.29, 1.82) is 0 Å². The summed E-state index contributed by atoms with van der Waals surface area (Å²) in [7, 11) is 0. The second-order valence-corrected chi connectivity index (χ2v) is 7.84. The molecular weight excluding hydrogens is 462 g/mol. The molecule has 4 N–H and O–H groups in total. The van der Waals surface area contributed by atoms with E-state index in [9.17, 15) is 0 Å². The molecule has 0 radical (unpaired) electrons. The van der Waals surface area contributed by atoms with E-state index in [1.807, 2.05) is 30.3 Å². The summed E-state index contributed by atoms with van der Waals surface area (Å²) in [5.41, 5.74) is 12.4. The molecule has 0 amide bonds. The molecule has 5 nitrogen and oxygen atoms in total. The zero-order valence-corrected chi connectivity index (χ0v) is 20.5. The molecule has 0 aliphatic heterocycles. The smallest absolute Gasteiger partial charge is 0.153 e. The van der Waals surface area contributed by atoms with Crippen LogP contribution in [0.1, 0.15) is 71.1 Å². The normalized spacial score (nSPS) is 10.3. The van der Waals surface area contributed by atoms with Gasteiger partial charge in [-0.2, -0.15) is 5.11 Å². The number of hydrogen-bond donors (Lipinski definition) is 2. The van der Waals surface area contributed by atoms with Crippen molar-refractivity contribution in [2.75, 3.05) is 16.8 Å². The van der Waals surface area contributed by atoms with Gasteiger partial charge in [0.05, 0.1) is 5.69 Å². The first-order valence-electron chi connectivity index (χ1n) is 10.7. The van der Waals surface area contributed by atoms with Crippen LogP contribution in [0.3, 0.4) is 0 Å². The molecule has 1 aromatic heterocycles. The molecule has 0 aliphatic rings. The van der Waals surface area contributed by atoms with Crippen LogP contribution in [0.25, 0.3) is 0 Å². The molecule has 168 valence electrons. The number of nitrogens with zero attached hydrogens (tertiary/aromatic N) is 3. The van der Waals surface area contributed by atoms with Gasteiger partial charge in [-0.05, 0) is 30.7 Å². The highest BCUT2D eigenvalue weighted by Gasteiger charge is 1.98. The highest BCUT2D eigenvalue weighted by molar-refractivity contribution is 9.09. The second-order valence-electron chi connectivity index (χ2n) is 7.05. The van der Waals surface area contributed by atoms with E-state index in [4.69, 9.17) is 11.5 Å². The summed E-state index contributed by atoms with van der Waals surface area (Å²) in [5, 5.41) is 9.21. The summed E-state index contributed by atoms with van der Waals surface area (Å²) >= 11 is 3.46. The maximum atomic E-state index is 5.64. The van der Waals surface area contributed by atoms with Crippen LogP contribution >= 0.6 is 28.3 Å². The maximum Gasteiger partial charge on any atom is 0.153 e. The number of azo groups is 1. The van der Waals surface area contributed by atoms with Crippen LogP contribution in [0.15, 0.2) is 52.7 Å². The van der Waals surface area contributed by atoms with Gasteiger partial charge in [0.1, 0.15) is 11.5 Å². The maximum absolute atomic E-state index is 5.64. The number of nitrogen functional groups attached to an aromatic ring is 2. The van der Waals surface area contributed by atoms with E-state index in [0.29, 0.717) is 11.5 Å². The van der Waals surface area contributed by atoms with Gasteiger partial charge in [0.2, 0.25) is 0 Å². The number of aromatic nitrogens is 1. The molecule has 1 aromatic carbocycles. The van der Waals surface area contributed by atoms with E-state index in [2.05, 4.69) is 38.1 Å². The Kier molecular flexibility index (Phi) is 18.2. The van der Waals surface area contributed by atoms with Crippen molar-refractivity contribution in [3.63, 3.8) is 0 Å². The van der Waals surface area contributed by atoms with Gasteiger partial charge in [0.15, 0.2) is 5.82 Å². The molecule has 0 atom stereocenters. The van der Waals surface area contributed by atoms with Gasteiger partial charge in [-0.3, -0.25) is 0 Å². The standard InChI is InChI=1S/C12H25Br.C11H11N5.ClH/c1-2-3-4-5-6-7-8-9-10-11-12-13;12-10-7-6-9(11(13)14-10)16-15-8-4-2-1-3-5-8;/h2-12H2,1H3;1-7H,(H4,12,13,14);1H/b;16-15+;. The first-order chi connectivity index (χ1) is 14.2. The molecule has 1 heterocycles. The lowest BCUT2D eigenvalue weighted by Gasteiger charge is -2.00. The molecule has 0 spiro atoms. The molecule has 0 saturated heterocycles. The number of nitrogens with two attached hydrogens (primary N) is 2. The Morgan fingerprint density at radius 1 is 0.767 bits per heavy atom. The van der Waals surface area contributed by atoms with Crippen LogP contribution in [0.5, 0.6) is 0 Å². The lowest BCUT2D eigenvalue weighted by atomic mass is 10.1. The predicted octanol–water partition coefficient (Wildman–Crippen LogP) is 8.39. The van der Waals surface area contributed by atoms with Crippen LogP contribution < -0.4 is 11.5 Å². The fourth-order valence-corrected chi connectivity index (χ4v) is 3.15. The zero-order chi connectivity index (χ0) is 21.2. The molecule has 0 fully saturated rings. The second kappa shape index (κ2) is 19.3. The fourth-order valence-electron chi connectivity index (χ4n) is 2.76. The summed E-state index contributed by atoms with van der Waals surface area (Å²) < 4.78 is 0. The summed E-state index contributed by atoms with van der Waals surface area (Å²) in [6.07, 6.45) is 14.3. The van der Waals surface area contributed by atoms with Gasteiger partial charge >= 0.3 is 0 Å². The molecule has 0 unspecified atom stereocenters. The minimum absolute atomic E-state index is 0. The zero-order valence-electron chi connectivity index (χ0n) is 18.1. The van der Waals surface area contributed by atoms with E-state index in [0.717, 1.165) is 5.69 Å². The molecule has 0 saturated carbocycles. The van der Waals surface area contributed by atoms with Gasteiger partial charge in [-0.25, -0.2) is 4.98 Å². The van der Waals surface area contributed by atoms with E-state index in [1.165, 1.54) is 69.5 Å². The fraction of sp³-hybridized carbons (Fsp3) is 0.522. The minimum Gasteiger partial charge on any atom is -0.384 e. The lowest BCUT2D eigenvalue weighted by Crippen LogP contribution is -1.95. The Morgan fingerprint density at radius 2 is 1.33 bits per heavy atom. The van der Waals surface area contributed by atoms with Crippen LogP contribution in [-0.2, 0) is 0 Å². The minimum atomic E-state index is 0. The number of rotatable bonds is 12. The topological polar surface area (TPSA) is 89.6 Å². The van der Waals surface area contributed by atoms with E-state index < -0.39 is 0 Å². The Labute approximate surface area is 196 Å². The van der Waals surface area contributed by atoms with Crippen LogP contribution in [-0.4, -0.2) is 10.3 Å². The molecular formula is C23H37BrClN5. The average molecular weight is 499 g/mol. The average Bonchev–Trinajstić information content (AvgIpc) is 2.73. The lowest BCUT2D eigenvalue weighted by molar-refractivity contribution is 0.563. The number of anilines is 2. The number of benzene rings is 1. The summed E-state index contributed by atoms with van der Waals surface area (Å²) in [5.74, 6) is 0.649. The number of hydrogen-bond acceptors (Lipinski definition) is 5.